The van der Waals surface area contributed by atoms with Crippen LogP contribution in [0.25, 0.3) is 11.0 Å². The van der Waals surface area contributed by atoms with E-state index < -0.39 is 12.2 Å². The lowest BCUT2D eigenvalue weighted by Gasteiger charge is -2.16. The van der Waals surface area contributed by atoms with Gasteiger partial charge in [-0.25, -0.2) is 4.98 Å². The Balaban J connectivity index is 1.67. The second-order valence-corrected chi connectivity index (χ2v) is 6.99. The monoisotopic (exact) mass is 357 g/mol. The Morgan fingerprint density at radius 3 is 2.36 bits per heavy atom. The van der Waals surface area contributed by atoms with E-state index in [9.17, 15) is 10.2 Å². The smallest absolute Gasteiger partial charge is 0.124 e. The third-order valence-corrected chi connectivity index (χ3v) is 4.94. The first-order chi connectivity index (χ1) is 12.1. The minimum Gasteiger partial charge on any atom is -0.389 e. The highest BCUT2D eigenvalue weighted by Crippen LogP contribution is 2.21. The van der Waals surface area contributed by atoms with E-state index >= 15 is 0 Å². The van der Waals surface area contributed by atoms with Crippen molar-refractivity contribution in [3.63, 3.8) is 0 Å². The number of aliphatic hydroxyl groups excluding tert-OH is 2. The number of para-hydroxylation sites is 2. The number of benzene rings is 2. The first-order valence-corrected chi connectivity index (χ1v) is 8.75. The van der Waals surface area contributed by atoms with Crippen molar-refractivity contribution in [1.29, 1.82) is 0 Å². The molecule has 0 radical (unpaired) electrons. The van der Waals surface area contributed by atoms with Gasteiger partial charge in [-0.2, -0.15) is 0 Å². The maximum absolute atomic E-state index is 9.79. The highest BCUT2D eigenvalue weighted by atomic mass is 35.5. The van der Waals surface area contributed by atoms with Gasteiger partial charge < -0.3 is 14.8 Å². The Morgan fingerprint density at radius 1 is 0.960 bits per heavy atom. The summed E-state index contributed by atoms with van der Waals surface area (Å²) in [6, 6.07) is 15.9. The molecule has 2 N–H and O–H groups in total. The van der Waals surface area contributed by atoms with Crippen molar-refractivity contribution in [1.82, 2.24) is 14.5 Å². The lowest BCUT2D eigenvalue weighted by Crippen LogP contribution is -2.24. The number of hydrogen-bond acceptors (Lipinski definition) is 4. The fourth-order valence-corrected chi connectivity index (χ4v) is 3.50. The largest absolute Gasteiger partial charge is 0.389 e. The molecule has 2 heterocycles. The van der Waals surface area contributed by atoms with Gasteiger partial charge in [0.25, 0.3) is 0 Å². The minimum atomic E-state index is -0.686. The summed E-state index contributed by atoms with van der Waals surface area (Å²) in [5.74, 6) is 0.928. The summed E-state index contributed by atoms with van der Waals surface area (Å²) in [6.07, 6.45) is -1.37. The summed E-state index contributed by atoms with van der Waals surface area (Å²) >= 11 is 5.99. The molecule has 1 fully saturated rings. The number of imidazole rings is 1. The van der Waals surface area contributed by atoms with Crippen LogP contribution in [-0.4, -0.2) is 50.0 Å². The van der Waals surface area contributed by atoms with Gasteiger partial charge in [0.15, 0.2) is 0 Å². The number of nitrogens with zero attached hydrogens (tertiary/aromatic N) is 3. The van der Waals surface area contributed by atoms with Gasteiger partial charge in [-0.05, 0) is 29.8 Å². The van der Waals surface area contributed by atoms with Crippen LogP contribution in [0.2, 0.25) is 5.02 Å². The van der Waals surface area contributed by atoms with Crippen molar-refractivity contribution in [2.75, 3.05) is 13.1 Å². The van der Waals surface area contributed by atoms with Crippen LogP contribution >= 0.6 is 11.6 Å². The van der Waals surface area contributed by atoms with E-state index in [2.05, 4.69) is 10.6 Å². The quantitative estimate of drug-likeness (QED) is 0.752. The van der Waals surface area contributed by atoms with Crippen LogP contribution in [0.5, 0.6) is 0 Å². The van der Waals surface area contributed by atoms with E-state index in [0.717, 1.165) is 27.4 Å². The van der Waals surface area contributed by atoms with Gasteiger partial charge in [0.2, 0.25) is 0 Å². The third kappa shape index (κ3) is 3.41. The van der Waals surface area contributed by atoms with Gasteiger partial charge in [0.1, 0.15) is 5.82 Å². The van der Waals surface area contributed by atoms with Crippen LogP contribution in [0, 0.1) is 0 Å². The van der Waals surface area contributed by atoms with Crippen LogP contribution in [0.15, 0.2) is 48.5 Å². The Kier molecular flexibility index (Phi) is 4.48. The second kappa shape index (κ2) is 6.77. The van der Waals surface area contributed by atoms with E-state index in [1.807, 2.05) is 47.4 Å². The first-order valence-electron chi connectivity index (χ1n) is 8.37. The molecule has 0 aliphatic carbocycles. The molecule has 4 rings (SSSR count). The molecule has 0 spiro atoms. The van der Waals surface area contributed by atoms with Gasteiger partial charge in [0, 0.05) is 24.7 Å². The number of hydrogen-bond donors (Lipinski definition) is 2. The maximum Gasteiger partial charge on any atom is 0.124 e. The number of halogens is 1. The summed E-state index contributed by atoms with van der Waals surface area (Å²) in [6.45, 7) is 2.22. The molecule has 5 nitrogen and oxygen atoms in total. The number of likely N-dealkylation sites (tertiary alicyclic amines) is 1. The zero-order chi connectivity index (χ0) is 17.4. The van der Waals surface area contributed by atoms with E-state index in [1.54, 1.807) is 0 Å². The molecule has 25 heavy (non-hydrogen) atoms. The number of rotatable bonds is 4. The molecule has 3 aromatic rings. The van der Waals surface area contributed by atoms with E-state index in [0.29, 0.717) is 26.2 Å². The van der Waals surface area contributed by atoms with Gasteiger partial charge in [-0.15, -0.1) is 0 Å². The summed E-state index contributed by atoms with van der Waals surface area (Å²) in [5, 5.41) is 20.3. The Hall–Kier alpha value is -1.92. The Morgan fingerprint density at radius 2 is 1.64 bits per heavy atom. The van der Waals surface area contributed by atoms with Crippen molar-refractivity contribution < 1.29 is 10.2 Å². The molecule has 1 aromatic heterocycles. The van der Waals surface area contributed by atoms with Crippen LogP contribution in [0.4, 0.5) is 0 Å². The normalized spacial score (nSPS) is 21.2. The average Bonchev–Trinajstić information content (AvgIpc) is 3.10. The third-order valence-electron chi connectivity index (χ3n) is 4.69. The molecule has 1 saturated heterocycles. The highest BCUT2D eigenvalue weighted by Gasteiger charge is 2.30. The van der Waals surface area contributed by atoms with Crippen LogP contribution in [0.1, 0.15) is 11.4 Å². The standard InChI is InChI=1S/C19H20ClN3O2/c20-14-7-5-13(6-8-14)9-23-16-4-2-1-3-15(16)21-19(23)12-22-10-17(24)18(25)11-22/h1-8,17-18,24-25H,9-12H2. The zero-order valence-electron chi connectivity index (χ0n) is 13.7. The predicted octanol–water partition coefficient (Wildman–Crippen LogP) is 2.28. The summed E-state index contributed by atoms with van der Waals surface area (Å²) in [4.78, 5) is 6.81. The van der Waals surface area contributed by atoms with Gasteiger partial charge in [-0.1, -0.05) is 35.9 Å². The molecule has 0 bridgehead atoms. The molecular weight excluding hydrogens is 338 g/mol. The Bertz CT molecular complexity index is 868. The number of β-amino-alcohol motifs (C(OH)–C–C–N with tert-alkyl or cyclic N) is 2. The van der Waals surface area contributed by atoms with Crippen LogP contribution in [-0.2, 0) is 13.1 Å². The predicted molar refractivity (Wildman–Crippen MR) is 97.6 cm³/mol. The topological polar surface area (TPSA) is 61.5 Å². The molecular formula is C19H20ClN3O2. The zero-order valence-corrected chi connectivity index (χ0v) is 14.5. The van der Waals surface area contributed by atoms with E-state index in [4.69, 9.17) is 16.6 Å². The van der Waals surface area contributed by atoms with Gasteiger partial charge in [-0.3, -0.25) is 4.90 Å². The maximum atomic E-state index is 9.79. The fraction of sp³-hybridized carbons (Fsp3) is 0.316. The highest BCUT2D eigenvalue weighted by molar-refractivity contribution is 6.30. The van der Waals surface area contributed by atoms with Gasteiger partial charge in [0.05, 0.1) is 29.8 Å². The summed E-state index contributed by atoms with van der Waals surface area (Å²) < 4.78 is 2.19. The molecule has 1 aliphatic rings. The summed E-state index contributed by atoms with van der Waals surface area (Å²) in [5.41, 5.74) is 3.18. The van der Waals surface area contributed by atoms with Crippen LogP contribution in [0.3, 0.4) is 0 Å². The second-order valence-electron chi connectivity index (χ2n) is 6.56. The molecule has 0 saturated carbocycles. The van der Waals surface area contributed by atoms with Crippen molar-refractivity contribution in [2.24, 2.45) is 0 Å². The van der Waals surface area contributed by atoms with Crippen molar-refractivity contribution in [3.05, 3.63) is 64.9 Å². The molecule has 0 amide bonds. The van der Waals surface area contributed by atoms with Crippen molar-refractivity contribution >= 4 is 22.6 Å². The minimum absolute atomic E-state index is 0.464. The summed E-state index contributed by atoms with van der Waals surface area (Å²) in [7, 11) is 0. The first kappa shape index (κ1) is 16.5. The molecule has 2 unspecified atom stereocenters. The van der Waals surface area contributed by atoms with E-state index in [1.165, 1.54) is 0 Å². The number of aromatic nitrogens is 2. The number of fused-ring (bicyclic) bond motifs is 1. The molecule has 1 aliphatic heterocycles. The van der Waals surface area contributed by atoms with Crippen LogP contribution < -0.4 is 0 Å². The lowest BCUT2D eigenvalue weighted by atomic mass is 10.2. The SMILES string of the molecule is OC1CN(Cc2nc3ccccc3n2Cc2ccc(Cl)cc2)CC1O. The fourth-order valence-electron chi connectivity index (χ4n) is 3.37. The number of aliphatic hydroxyl groups is 2. The Labute approximate surface area is 151 Å². The molecule has 2 aromatic carbocycles. The molecule has 6 heteroatoms. The van der Waals surface area contributed by atoms with Gasteiger partial charge >= 0.3 is 0 Å². The average molecular weight is 358 g/mol. The van der Waals surface area contributed by atoms with Crippen molar-refractivity contribution in [2.45, 2.75) is 25.3 Å². The molecule has 130 valence electrons. The lowest BCUT2D eigenvalue weighted by molar-refractivity contribution is 0.0572. The molecule has 2 atom stereocenters. The van der Waals surface area contributed by atoms with Crippen molar-refractivity contribution in [3.8, 4) is 0 Å². The van der Waals surface area contributed by atoms with E-state index in [-0.39, 0.29) is 0 Å².